The van der Waals surface area contributed by atoms with Crippen molar-refractivity contribution in [1.29, 1.82) is 0 Å². The molecule has 5 heteroatoms. The van der Waals surface area contributed by atoms with E-state index in [1.807, 2.05) is 13.1 Å². The summed E-state index contributed by atoms with van der Waals surface area (Å²) in [6.07, 6.45) is 1.90. The Hall–Kier alpha value is -1.62. The van der Waals surface area contributed by atoms with E-state index in [0.29, 0.717) is 6.54 Å². The van der Waals surface area contributed by atoms with Crippen molar-refractivity contribution in [3.05, 3.63) is 23.4 Å². The fourth-order valence-corrected chi connectivity index (χ4v) is 2.46. The van der Waals surface area contributed by atoms with Crippen LogP contribution in [0.5, 0.6) is 0 Å². The summed E-state index contributed by atoms with van der Waals surface area (Å²) in [5.41, 5.74) is 2.37. The third-order valence-corrected chi connectivity index (χ3v) is 3.70. The van der Waals surface area contributed by atoms with E-state index in [-0.39, 0.29) is 17.5 Å². The predicted molar refractivity (Wildman–Crippen MR) is 85.4 cm³/mol. The lowest BCUT2D eigenvalue weighted by Crippen LogP contribution is -2.54. The van der Waals surface area contributed by atoms with Crippen LogP contribution in [-0.4, -0.2) is 35.6 Å². The Kier molecular flexibility index (Phi) is 4.52. The van der Waals surface area contributed by atoms with Crippen LogP contribution in [0.2, 0.25) is 0 Å². The number of hydrogen-bond donors (Lipinski definition) is 2. The van der Waals surface area contributed by atoms with E-state index in [1.54, 1.807) is 0 Å². The van der Waals surface area contributed by atoms with E-state index in [1.165, 1.54) is 5.56 Å². The van der Waals surface area contributed by atoms with E-state index in [4.69, 9.17) is 0 Å². The number of piperazine rings is 1. The lowest BCUT2D eigenvalue weighted by Gasteiger charge is -2.34. The normalized spacial score (nSPS) is 19.6. The molecule has 1 aliphatic heterocycles. The van der Waals surface area contributed by atoms with Gasteiger partial charge in [-0.2, -0.15) is 0 Å². The Morgan fingerprint density at radius 1 is 1.48 bits per heavy atom. The average Bonchev–Trinajstić information content (AvgIpc) is 2.39. The summed E-state index contributed by atoms with van der Waals surface area (Å²) in [6, 6.07) is 1.99. The van der Waals surface area contributed by atoms with Gasteiger partial charge in [-0.1, -0.05) is 0 Å². The van der Waals surface area contributed by atoms with Crippen molar-refractivity contribution in [3.8, 4) is 0 Å². The second-order valence-electron chi connectivity index (χ2n) is 6.75. The molecule has 5 nitrogen and oxygen atoms in total. The first kappa shape index (κ1) is 15.8. The molecule has 0 saturated carbocycles. The SMILES string of the molecule is Cc1cc(CNC(C)(C)C)cnc1N1CCNC(=O)C1C. The molecule has 1 unspecified atom stereocenters. The van der Waals surface area contributed by atoms with Crippen molar-refractivity contribution in [2.45, 2.75) is 52.7 Å². The predicted octanol–water partition coefficient (Wildman–Crippen LogP) is 1.60. The van der Waals surface area contributed by atoms with E-state index in [0.717, 1.165) is 24.5 Å². The molecule has 1 aliphatic rings. The molecule has 0 bridgehead atoms. The van der Waals surface area contributed by atoms with Gasteiger partial charge in [0.05, 0.1) is 0 Å². The Morgan fingerprint density at radius 3 is 2.81 bits per heavy atom. The second kappa shape index (κ2) is 6.02. The van der Waals surface area contributed by atoms with Gasteiger partial charge in [-0.05, 0) is 51.8 Å². The second-order valence-corrected chi connectivity index (χ2v) is 6.75. The first-order chi connectivity index (χ1) is 9.78. The molecule has 1 saturated heterocycles. The molecule has 0 spiro atoms. The molecule has 2 rings (SSSR count). The van der Waals surface area contributed by atoms with Crippen molar-refractivity contribution in [2.75, 3.05) is 18.0 Å². The van der Waals surface area contributed by atoms with Gasteiger partial charge in [-0.15, -0.1) is 0 Å². The van der Waals surface area contributed by atoms with Gasteiger partial charge in [0, 0.05) is 31.4 Å². The summed E-state index contributed by atoms with van der Waals surface area (Å²) in [5, 5.41) is 6.34. The maximum absolute atomic E-state index is 11.8. The number of hydrogen-bond acceptors (Lipinski definition) is 4. The van der Waals surface area contributed by atoms with Crippen molar-refractivity contribution in [2.24, 2.45) is 0 Å². The third-order valence-electron chi connectivity index (χ3n) is 3.70. The van der Waals surface area contributed by atoms with Crippen LogP contribution in [0.15, 0.2) is 12.3 Å². The van der Waals surface area contributed by atoms with Crippen LogP contribution in [0, 0.1) is 6.92 Å². The lowest BCUT2D eigenvalue weighted by atomic mass is 10.1. The summed E-state index contributed by atoms with van der Waals surface area (Å²) in [5.74, 6) is 0.984. The third kappa shape index (κ3) is 3.94. The van der Waals surface area contributed by atoms with Gasteiger partial charge in [0.1, 0.15) is 11.9 Å². The summed E-state index contributed by atoms with van der Waals surface area (Å²) in [6.45, 7) is 12.7. The van der Waals surface area contributed by atoms with Gasteiger partial charge in [-0.3, -0.25) is 4.79 Å². The summed E-state index contributed by atoms with van der Waals surface area (Å²) >= 11 is 0. The number of carbonyl (C=O) groups is 1. The fraction of sp³-hybridized carbons (Fsp3) is 0.625. The highest BCUT2D eigenvalue weighted by atomic mass is 16.2. The average molecular weight is 290 g/mol. The summed E-state index contributed by atoms with van der Waals surface area (Å²) < 4.78 is 0. The largest absolute Gasteiger partial charge is 0.353 e. The molecule has 1 fully saturated rings. The monoisotopic (exact) mass is 290 g/mol. The Morgan fingerprint density at radius 2 is 2.19 bits per heavy atom. The minimum absolute atomic E-state index is 0.0703. The number of rotatable bonds is 3. The van der Waals surface area contributed by atoms with Crippen LogP contribution < -0.4 is 15.5 Å². The number of nitrogens with one attached hydrogen (secondary N) is 2. The highest BCUT2D eigenvalue weighted by Gasteiger charge is 2.27. The van der Waals surface area contributed by atoms with Gasteiger partial charge in [0.2, 0.25) is 5.91 Å². The van der Waals surface area contributed by atoms with E-state index in [9.17, 15) is 4.79 Å². The Labute approximate surface area is 127 Å². The number of pyridine rings is 1. The van der Waals surface area contributed by atoms with Crippen LogP contribution >= 0.6 is 0 Å². The zero-order valence-electron chi connectivity index (χ0n) is 13.7. The molecular weight excluding hydrogens is 264 g/mol. The maximum Gasteiger partial charge on any atom is 0.242 e. The smallest absolute Gasteiger partial charge is 0.242 e. The molecule has 0 radical (unpaired) electrons. The molecular formula is C16H26N4O. The highest BCUT2D eigenvalue weighted by Crippen LogP contribution is 2.21. The van der Waals surface area contributed by atoms with Crippen LogP contribution in [0.3, 0.4) is 0 Å². The molecule has 0 aliphatic carbocycles. The maximum atomic E-state index is 11.8. The van der Waals surface area contributed by atoms with Crippen LogP contribution in [0.25, 0.3) is 0 Å². The molecule has 116 valence electrons. The lowest BCUT2D eigenvalue weighted by molar-refractivity contribution is -0.122. The molecule has 1 aromatic rings. The number of aryl methyl sites for hydroxylation is 1. The van der Waals surface area contributed by atoms with E-state index >= 15 is 0 Å². The zero-order valence-corrected chi connectivity index (χ0v) is 13.7. The van der Waals surface area contributed by atoms with Gasteiger partial charge in [0.25, 0.3) is 0 Å². The molecule has 1 aromatic heterocycles. The number of amides is 1. The quantitative estimate of drug-likeness (QED) is 0.888. The fourth-order valence-electron chi connectivity index (χ4n) is 2.46. The summed E-state index contributed by atoms with van der Waals surface area (Å²) in [7, 11) is 0. The van der Waals surface area contributed by atoms with Gasteiger partial charge >= 0.3 is 0 Å². The van der Waals surface area contributed by atoms with Gasteiger partial charge < -0.3 is 15.5 Å². The van der Waals surface area contributed by atoms with Crippen molar-refractivity contribution < 1.29 is 4.79 Å². The summed E-state index contributed by atoms with van der Waals surface area (Å²) in [4.78, 5) is 18.5. The minimum atomic E-state index is -0.163. The van der Waals surface area contributed by atoms with E-state index in [2.05, 4.69) is 54.3 Å². The van der Waals surface area contributed by atoms with Crippen molar-refractivity contribution in [3.63, 3.8) is 0 Å². The van der Waals surface area contributed by atoms with Crippen molar-refractivity contribution >= 4 is 11.7 Å². The molecule has 1 amide bonds. The minimum Gasteiger partial charge on any atom is -0.353 e. The molecule has 2 heterocycles. The Balaban J connectivity index is 2.13. The number of anilines is 1. The molecule has 2 N–H and O–H groups in total. The number of nitrogens with zero attached hydrogens (tertiary/aromatic N) is 2. The molecule has 1 atom stereocenters. The number of aromatic nitrogens is 1. The van der Waals surface area contributed by atoms with Crippen LogP contribution in [0.1, 0.15) is 38.8 Å². The van der Waals surface area contributed by atoms with E-state index < -0.39 is 0 Å². The Bertz CT molecular complexity index is 521. The van der Waals surface area contributed by atoms with Crippen LogP contribution in [0.4, 0.5) is 5.82 Å². The molecule has 21 heavy (non-hydrogen) atoms. The topological polar surface area (TPSA) is 57.3 Å². The molecule has 0 aromatic carbocycles. The first-order valence-corrected chi connectivity index (χ1v) is 7.53. The zero-order chi connectivity index (χ0) is 15.6. The van der Waals surface area contributed by atoms with Gasteiger partial charge in [0.15, 0.2) is 0 Å². The van der Waals surface area contributed by atoms with Crippen molar-refractivity contribution in [1.82, 2.24) is 15.6 Å². The number of carbonyl (C=O) groups excluding carboxylic acids is 1. The highest BCUT2D eigenvalue weighted by molar-refractivity contribution is 5.86. The first-order valence-electron chi connectivity index (χ1n) is 7.53. The van der Waals surface area contributed by atoms with Crippen LogP contribution in [-0.2, 0) is 11.3 Å². The van der Waals surface area contributed by atoms with Gasteiger partial charge in [-0.25, -0.2) is 4.98 Å². The standard InChI is InChI=1S/C16H26N4O/c1-11-8-13(10-19-16(3,4)5)9-18-14(11)20-7-6-17-15(21)12(20)2/h8-9,12,19H,6-7,10H2,1-5H3,(H,17,21).